The molecule has 2 nitrogen and oxygen atoms in total. The Hall–Kier alpha value is -1.97. The van der Waals surface area contributed by atoms with Gasteiger partial charge in [-0.25, -0.2) is 13.6 Å². The van der Waals surface area contributed by atoms with Gasteiger partial charge in [0, 0.05) is 0 Å². The van der Waals surface area contributed by atoms with Gasteiger partial charge in [0.2, 0.25) is 0 Å². The summed E-state index contributed by atoms with van der Waals surface area (Å²) >= 11 is 0. The maximum Gasteiger partial charge on any atom is 0.340 e. The van der Waals surface area contributed by atoms with E-state index in [4.69, 9.17) is 0 Å². The second-order valence-electron chi connectivity index (χ2n) is 10.4. The van der Waals surface area contributed by atoms with Crippen LogP contribution in [0.2, 0.25) is 0 Å². The van der Waals surface area contributed by atoms with Crippen LogP contribution in [0, 0.1) is 29.4 Å². The second kappa shape index (κ2) is 11.0. The van der Waals surface area contributed by atoms with Crippen molar-refractivity contribution in [3.8, 4) is 0 Å². The summed E-state index contributed by atoms with van der Waals surface area (Å²) in [6.45, 7) is 2.27. The highest BCUT2D eigenvalue weighted by Crippen LogP contribution is 2.49. The van der Waals surface area contributed by atoms with E-state index in [1.165, 1.54) is 83.5 Å². The molecule has 2 fully saturated rings. The number of halogens is 2. The molecule has 2 saturated carbocycles. The number of hydrogen-bond donors (Lipinski definition) is 0. The summed E-state index contributed by atoms with van der Waals surface area (Å²) in [6.07, 6.45) is 15.6. The number of rotatable bonds is 8. The molecule has 2 aromatic rings. The third-order valence-corrected chi connectivity index (χ3v) is 8.34. The van der Waals surface area contributed by atoms with E-state index < -0.39 is 17.6 Å². The first-order chi connectivity index (χ1) is 16.0. The molecule has 0 spiro atoms. The van der Waals surface area contributed by atoms with Crippen LogP contribution in [-0.4, -0.2) is 13.1 Å². The highest BCUT2D eigenvalue weighted by molar-refractivity contribution is 5.96. The SMILES string of the molecule is CCCCCCCC1CCC2CC(c3cc(F)c4c(F)c(C(=O)OC)ccc4c3)CCC2C1. The summed E-state index contributed by atoms with van der Waals surface area (Å²) in [4.78, 5) is 11.8. The molecule has 0 amide bonds. The van der Waals surface area contributed by atoms with E-state index in [2.05, 4.69) is 11.7 Å². The molecule has 4 heteroatoms. The van der Waals surface area contributed by atoms with Gasteiger partial charge < -0.3 is 4.74 Å². The molecule has 0 bridgehead atoms. The molecule has 2 aliphatic rings. The molecule has 2 aliphatic carbocycles. The Balaban J connectivity index is 1.40. The van der Waals surface area contributed by atoms with Crippen LogP contribution in [0.1, 0.15) is 106 Å². The van der Waals surface area contributed by atoms with Gasteiger partial charge in [-0.3, -0.25) is 0 Å². The number of methoxy groups -OCH3 is 1. The van der Waals surface area contributed by atoms with Crippen LogP contribution >= 0.6 is 0 Å². The van der Waals surface area contributed by atoms with Crippen molar-refractivity contribution in [2.24, 2.45) is 17.8 Å². The number of benzene rings is 2. The number of unbranched alkanes of at least 4 members (excludes halogenated alkanes) is 4. The molecule has 33 heavy (non-hydrogen) atoms. The summed E-state index contributed by atoms with van der Waals surface area (Å²) in [5, 5.41) is 0.402. The number of ether oxygens (including phenoxy) is 1. The maximum atomic E-state index is 15.0. The third kappa shape index (κ3) is 5.41. The highest BCUT2D eigenvalue weighted by Gasteiger charge is 2.36. The van der Waals surface area contributed by atoms with Crippen molar-refractivity contribution in [1.82, 2.24) is 0 Å². The smallest absolute Gasteiger partial charge is 0.340 e. The van der Waals surface area contributed by atoms with Crippen molar-refractivity contribution in [2.75, 3.05) is 7.11 Å². The Labute approximate surface area is 197 Å². The van der Waals surface area contributed by atoms with E-state index in [1.54, 1.807) is 6.07 Å². The Bertz CT molecular complexity index is 970. The van der Waals surface area contributed by atoms with E-state index >= 15 is 0 Å². The van der Waals surface area contributed by atoms with Crippen LogP contribution < -0.4 is 0 Å². The minimum atomic E-state index is -0.833. The fourth-order valence-electron chi connectivity index (χ4n) is 6.48. The monoisotopic (exact) mass is 456 g/mol. The molecule has 4 rings (SSSR count). The van der Waals surface area contributed by atoms with Crippen molar-refractivity contribution in [2.45, 2.75) is 89.9 Å². The third-order valence-electron chi connectivity index (χ3n) is 8.34. The van der Waals surface area contributed by atoms with Gasteiger partial charge in [-0.15, -0.1) is 0 Å². The van der Waals surface area contributed by atoms with Gasteiger partial charge in [-0.1, -0.05) is 64.0 Å². The zero-order valence-corrected chi connectivity index (χ0v) is 20.2. The number of carbonyl (C=O) groups excluding carboxylic acids is 1. The van der Waals surface area contributed by atoms with E-state index in [-0.39, 0.29) is 10.9 Å². The lowest BCUT2D eigenvalue weighted by Crippen LogP contribution is -2.30. The van der Waals surface area contributed by atoms with Gasteiger partial charge in [0.05, 0.1) is 18.1 Å². The minimum Gasteiger partial charge on any atom is -0.465 e. The molecular weight excluding hydrogens is 418 g/mol. The van der Waals surface area contributed by atoms with Crippen molar-refractivity contribution in [1.29, 1.82) is 0 Å². The molecule has 0 N–H and O–H groups in total. The highest BCUT2D eigenvalue weighted by atomic mass is 19.1. The van der Waals surface area contributed by atoms with Gasteiger partial charge in [-0.05, 0) is 78.9 Å². The maximum absolute atomic E-state index is 15.0. The second-order valence-corrected chi connectivity index (χ2v) is 10.4. The number of carbonyl (C=O) groups is 1. The summed E-state index contributed by atoms with van der Waals surface area (Å²) in [7, 11) is 1.20. The molecule has 4 atom stereocenters. The fraction of sp³-hybridized carbons (Fsp3) is 0.621. The Kier molecular flexibility index (Phi) is 8.03. The topological polar surface area (TPSA) is 26.3 Å². The van der Waals surface area contributed by atoms with Crippen molar-refractivity contribution >= 4 is 16.7 Å². The Morgan fingerprint density at radius 2 is 1.73 bits per heavy atom. The number of esters is 1. The van der Waals surface area contributed by atoms with E-state index in [1.807, 2.05) is 6.07 Å². The predicted octanol–water partition coefficient (Wildman–Crippen LogP) is 8.57. The van der Waals surface area contributed by atoms with Crippen molar-refractivity contribution in [3.63, 3.8) is 0 Å². The first kappa shape index (κ1) is 24.2. The molecule has 180 valence electrons. The molecule has 0 radical (unpaired) electrons. The van der Waals surface area contributed by atoms with E-state index in [9.17, 15) is 13.6 Å². The van der Waals surface area contributed by atoms with Crippen LogP contribution in [0.3, 0.4) is 0 Å². The Morgan fingerprint density at radius 3 is 2.52 bits per heavy atom. The lowest BCUT2D eigenvalue weighted by atomic mass is 9.63. The zero-order valence-electron chi connectivity index (χ0n) is 20.2. The van der Waals surface area contributed by atoms with Crippen LogP contribution in [0.4, 0.5) is 8.78 Å². The molecule has 0 aromatic heterocycles. The largest absolute Gasteiger partial charge is 0.465 e. The lowest BCUT2D eigenvalue weighted by molar-refractivity contribution is 0.0596. The first-order valence-corrected chi connectivity index (χ1v) is 13.0. The molecule has 0 saturated heterocycles. The summed E-state index contributed by atoms with van der Waals surface area (Å²) in [6, 6.07) is 6.45. The van der Waals surface area contributed by atoms with Gasteiger partial charge in [-0.2, -0.15) is 0 Å². The van der Waals surface area contributed by atoms with Crippen LogP contribution in [-0.2, 0) is 4.74 Å². The van der Waals surface area contributed by atoms with E-state index in [0.717, 1.165) is 36.2 Å². The van der Waals surface area contributed by atoms with Crippen molar-refractivity contribution < 1.29 is 18.3 Å². The van der Waals surface area contributed by atoms with Gasteiger partial charge in [0.25, 0.3) is 0 Å². The average Bonchev–Trinajstić information content (AvgIpc) is 2.83. The predicted molar refractivity (Wildman–Crippen MR) is 129 cm³/mol. The molecule has 0 heterocycles. The molecule has 2 aromatic carbocycles. The van der Waals surface area contributed by atoms with E-state index in [0.29, 0.717) is 11.3 Å². The summed E-state index contributed by atoms with van der Waals surface area (Å²) < 4.78 is 34.4. The minimum absolute atomic E-state index is 0.116. The summed E-state index contributed by atoms with van der Waals surface area (Å²) in [5.41, 5.74) is 0.751. The number of fused-ring (bicyclic) bond motifs is 2. The van der Waals surface area contributed by atoms with Gasteiger partial charge in [0.1, 0.15) is 11.6 Å². The fourth-order valence-corrected chi connectivity index (χ4v) is 6.48. The number of hydrogen-bond acceptors (Lipinski definition) is 2. The van der Waals surface area contributed by atoms with Gasteiger partial charge >= 0.3 is 5.97 Å². The quantitative estimate of drug-likeness (QED) is 0.294. The Morgan fingerprint density at radius 1 is 0.970 bits per heavy atom. The zero-order chi connectivity index (χ0) is 23.4. The standard InChI is InChI=1S/C29H38F2O2/c1-3-4-5-6-7-8-19-9-10-21-16-22(12-11-20(21)15-19)24-17-23-13-14-25(29(32)33-2)28(31)27(23)26(30)18-24/h13-14,17-22H,3-12,15-16H2,1-2H3. The normalized spacial score (nSPS) is 25.1. The van der Waals surface area contributed by atoms with Crippen LogP contribution in [0.15, 0.2) is 24.3 Å². The van der Waals surface area contributed by atoms with Crippen LogP contribution in [0.5, 0.6) is 0 Å². The summed E-state index contributed by atoms with van der Waals surface area (Å²) in [5.74, 6) is 0.583. The van der Waals surface area contributed by atoms with Gasteiger partial charge in [0.15, 0.2) is 0 Å². The lowest BCUT2D eigenvalue weighted by Gasteiger charge is -2.42. The van der Waals surface area contributed by atoms with Crippen LogP contribution in [0.25, 0.3) is 10.8 Å². The average molecular weight is 457 g/mol. The molecular formula is C29H38F2O2. The van der Waals surface area contributed by atoms with Crippen molar-refractivity contribution in [3.05, 3.63) is 47.0 Å². The molecule has 4 unspecified atom stereocenters. The first-order valence-electron chi connectivity index (χ1n) is 13.0. The molecule has 0 aliphatic heterocycles.